The molecule has 1 fully saturated rings. The van der Waals surface area contributed by atoms with Gasteiger partial charge in [-0.2, -0.15) is 0 Å². The predicted octanol–water partition coefficient (Wildman–Crippen LogP) is 2.13. The highest BCUT2D eigenvalue weighted by Gasteiger charge is 2.44. The van der Waals surface area contributed by atoms with Crippen LogP contribution in [0.3, 0.4) is 0 Å². The van der Waals surface area contributed by atoms with Crippen molar-refractivity contribution in [3.8, 4) is 0 Å². The van der Waals surface area contributed by atoms with Crippen LogP contribution >= 0.6 is 0 Å². The van der Waals surface area contributed by atoms with Crippen LogP contribution in [0.15, 0.2) is 30.3 Å². The summed E-state index contributed by atoms with van der Waals surface area (Å²) in [7, 11) is 0. The van der Waals surface area contributed by atoms with Gasteiger partial charge in [0.05, 0.1) is 11.8 Å². The molecule has 0 aliphatic carbocycles. The number of esters is 2. The molecule has 0 unspecified atom stereocenters. The van der Waals surface area contributed by atoms with Crippen LogP contribution in [-0.2, 0) is 14.3 Å². The molecule has 0 aromatic heterocycles. The van der Waals surface area contributed by atoms with Gasteiger partial charge in [-0.05, 0) is 11.5 Å². The van der Waals surface area contributed by atoms with Gasteiger partial charge in [0.2, 0.25) is 0 Å². The first-order chi connectivity index (χ1) is 7.61. The number of carbonyl (C=O) groups excluding carboxylic acids is 2. The number of benzene rings is 1. The molecule has 1 aromatic rings. The summed E-state index contributed by atoms with van der Waals surface area (Å²) in [6, 6.07) is 9.72. The van der Waals surface area contributed by atoms with Crippen molar-refractivity contribution in [2.75, 3.05) is 0 Å². The Kier molecular flexibility index (Phi) is 2.77. The first-order valence-electron chi connectivity index (χ1n) is 5.41. The van der Waals surface area contributed by atoms with Gasteiger partial charge in [-0.1, -0.05) is 44.2 Å². The van der Waals surface area contributed by atoms with E-state index in [1.807, 2.05) is 37.3 Å². The molecule has 3 heteroatoms. The first-order valence-corrected chi connectivity index (χ1v) is 5.41. The largest absolute Gasteiger partial charge is 0.393 e. The monoisotopic (exact) mass is 218 g/mol. The molecule has 16 heavy (non-hydrogen) atoms. The molecule has 1 heterocycles. The van der Waals surface area contributed by atoms with Crippen molar-refractivity contribution in [1.82, 2.24) is 0 Å². The Hall–Kier alpha value is -1.64. The maximum absolute atomic E-state index is 11.6. The van der Waals surface area contributed by atoms with Crippen molar-refractivity contribution < 1.29 is 14.3 Å². The molecule has 1 aromatic carbocycles. The molecule has 0 N–H and O–H groups in total. The fourth-order valence-electron chi connectivity index (χ4n) is 2.21. The van der Waals surface area contributed by atoms with E-state index in [-0.39, 0.29) is 17.8 Å². The Morgan fingerprint density at radius 3 is 2.25 bits per heavy atom. The zero-order valence-corrected chi connectivity index (χ0v) is 9.34. The van der Waals surface area contributed by atoms with Crippen LogP contribution in [0.4, 0.5) is 0 Å². The van der Waals surface area contributed by atoms with Crippen LogP contribution in [0.25, 0.3) is 0 Å². The van der Waals surface area contributed by atoms with E-state index in [1.165, 1.54) is 0 Å². The fourth-order valence-corrected chi connectivity index (χ4v) is 2.21. The lowest BCUT2D eigenvalue weighted by Crippen LogP contribution is -2.21. The normalized spacial score (nSPS) is 26.6. The van der Waals surface area contributed by atoms with E-state index in [9.17, 15) is 9.59 Å². The minimum absolute atomic E-state index is 0.00940. The average Bonchev–Trinajstić information content (AvgIpc) is 2.54. The van der Waals surface area contributed by atoms with Gasteiger partial charge in [-0.25, -0.2) is 0 Å². The standard InChI is InChI=1S/C13H14O3/c1-8(10-6-4-3-5-7-10)11-9(2)12(14)16-13(11)15/h3-9,11H,1-2H3/t8-,9+,11+/m1/s1. The Labute approximate surface area is 94.4 Å². The molecular formula is C13H14O3. The van der Waals surface area contributed by atoms with Crippen LogP contribution in [0, 0.1) is 11.8 Å². The summed E-state index contributed by atoms with van der Waals surface area (Å²) in [4.78, 5) is 22.9. The predicted molar refractivity (Wildman–Crippen MR) is 58.6 cm³/mol. The van der Waals surface area contributed by atoms with Gasteiger partial charge in [0.15, 0.2) is 0 Å². The highest BCUT2D eigenvalue weighted by molar-refractivity contribution is 5.96. The second kappa shape index (κ2) is 4.08. The molecule has 1 aliphatic heterocycles. The summed E-state index contributed by atoms with van der Waals surface area (Å²) in [6.07, 6.45) is 0. The van der Waals surface area contributed by atoms with E-state index in [1.54, 1.807) is 6.92 Å². The molecule has 2 rings (SSSR count). The Balaban J connectivity index is 2.26. The molecule has 0 radical (unpaired) electrons. The van der Waals surface area contributed by atoms with Crippen LogP contribution in [0.1, 0.15) is 25.3 Å². The molecule has 1 saturated heterocycles. The quantitative estimate of drug-likeness (QED) is 0.564. The molecule has 1 aliphatic rings. The Morgan fingerprint density at radius 1 is 1.12 bits per heavy atom. The minimum Gasteiger partial charge on any atom is -0.393 e. The number of rotatable bonds is 2. The molecule has 0 amide bonds. The summed E-state index contributed by atoms with van der Waals surface area (Å²) >= 11 is 0. The highest BCUT2D eigenvalue weighted by atomic mass is 16.6. The van der Waals surface area contributed by atoms with E-state index in [0.717, 1.165) is 5.56 Å². The third-order valence-corrected chi connectivity index (χ3v) is 3.25. The van der Waals surface area contributed by atoms with E-state index in [0.29, 0.717) is 0 Å². The molecule has 3 atom stereocenters. The Morgan fingerprint density at radius 2 is 1.75 bits per heavy atom. The van der Waals surface area contributed by atoms with Crippen molar-refractivity contribution >= 4 is 11.9 Å². The lowest BCUT2D eigenvalue weighted by Gasteiger charge is -2.18. The number of ether oxygens (including phenoxy) is 1. The second-order valence-electron chi connectivity index (χ2n) is 4.25. The third-order valence-electron chi connectivity index (χ3n) is 3.25. The molecular weight excluding hydrogens is 204 g/mol. The third kappa shape index (κ3) is 1.73. The van der Waals surface area contributed by atoms with Gasteiger partial charge < -0.3 is 4.74 Å². The smallest absolute Gasteiger partial charge is 0.318 e. The summed E-state index contributed by atoms with van der Waals surface area (Å²) in [5, 5.41) is 0. The summed E-state index contributed by atoms with van der Waals surface area (Å²) in [5.41, 5.74) is 1.06. The van der Waals surface area contributed by atoms with Crippen LogP contribution in [0.2, 0.25) is 0 Å². The lowest BCUT2D eigenvalue weighted by molar-refractivity contribution is -0.153. The van der Waals surface area contributed by atoms with Gasteiger partial charge in [-0.3, -0.25) is 9.59 Å². The maximum atomic E-state index is 11.6. The number of hydrogen-bond acceptors (Lipinski definition) is 3. The summed E-state index contributed by atoms with van der Waals surface area (Å²) < 4.78 is 4.65. The first kappa shape index (κ1) is 10.9. The Bertz CT molecular complexity index is 410. The van der Waals surface area contributed by atoms with Crippen molar-refractivity contribution in [3.63, 3.8) is 0 Å². The number of carbonyl (C=O) groups is 2. The molecule has 0 spiro atoms. The SMILES string of the molecule is C[C@@H]1C(=O)OC(=O)[C@H]1[C@H](C)c1ccccc1. The van der Waals surface area contributed by atoms with Gasteiger partial charge in [0.25, 0.3) is 0 Å². The number of cyclic esters (lactones) is 2. The van der Waals surface area contributed by atoms with Gasteiger partial charge in [-0.15, -0.1) is 0 Å². The second-order valence-corrected chi connectivity index (χ2v) is 4.25. The number of hydrogen-bond donors (Lipinski definition) is 0. The van der Waals surface area contributed by atoms with Gasteiger partial charge in [0, 0.05) is 0 Å². The zero-order valence-electron chi connectivity index (χ0n) is 9.34. The van der Waals surface area contributed by atoms with Gasteiger partial charge >= 0.3 is 11.9 Å². The zero-order chi connectivity index (χ0) is 11.7. The summed E-state index contributed by atoms with van der Waals surface area (Å²) in [6.45, 7) is 3.70. The molecule has 84 valence electrons. The van der Waals surface area contributed by atoms with E-state index < -0.39 is 11.9 Å². The van der Waals surface area contributed by atoms with Crippen molar-refractivity contribution in [2.45, 2.75) is 19.8 Å². The van der Waals surface area contributed by atoms with E-state index in [4.69, 9.17) is 0 Å². The topological polar surface area (TPSA) is 43.4 Å². The van der Waals surface area contributed by atoms with Crippen LogP contribution in [-0.4, -0.2) is 11.9 Å². The van der Waals surface area contributed by atoms with Crippen LogP contribution in [0.5, 0.6) is 0 Å². The highest BCUT2D eigenvalue weighted by Crippen LogP contribution is 2.35. The fraction of sp³-hybridized carbons (Fsp3) is 0.385. The van der Waals surface area contributed by atoms with Gasteiger partial charge in [0.1, 0.15) is 0 Å². The molecule has 0 bridgehead atoms. The minimum atomic E-state index is -0.405. The van der Waals surface area contributed by atoms with E-state index in [2.05, 4.69) is 4.74 Å². The van der Waals surface area contributed by atoms with Crippen molar-refractivity contribution in [2.24, 2.45) is 11.8 Å². The van der Waals surface area contributed by atoms with E-state index >= 15 is 0 Å². The average molecular weight is 218 g/mol. The maximum Gasteiger partial charge on any atom is 0.318 e. The van der Waals surface area contributed by atoms with Crippen LogP contribution < -0.4 is 0 Å². The molecule has 0 saturated carbocycles. The van der Waals surface area contributed by atoms with Crippen molar-refractivity contribution in [3.05, 3.63) is 35.9 Å². The lowest BCUT2D eigenvalue weighted by atomic mass is 9.81. The van der Waals surface area contributed by atoms with Crippen molar-refractivity contribution in [1.29, 1.82) is 0 Å². The molecule has 3 nitrogen and oxygen atoms in total. The summed E-state index contributed by atoms with van der Waals surface area (Å²) in [5.74, 6) is -1.49.